The molecule has 1 saturated carbocycles. The molecular formula is C19H22ClN3O5. The lowest BCUT2D eigenvalue weighted by atomic mass is 9.96. The Morgan fingerprint density at radius 1 is 1.29 bits per heavy atom. The molecule has 1 aliphatic heterocycles. The van der Waals surface area contributed by atoms with Gasteiger partial charge in [0.25, 0.3) is 11.8 Å². The maximum absolute atomic E-state index is 12.4. The number of carbonyl (C=O) groups excluding carboxylic acids is 4. The summed E-state index contributed by atoms with van der Waals surface area (Å²) < 4.78 is 4.88. The number of hydrogen-bond acceptors (Lipinski definition) is 5. The summed E-state index contributed by atoms with van der Waals surface area (Å²) in [5, 5.41) is 5.93. The van der Waals surface area contributed by atoms with Crippen LogP contribution in [0, 0.1) is 5.92 Å². The molecule has 0 bridgehead atoms. The number of nitrogens with zero attached hydrogens (tertiary/aromatic N) is 1. The van der Waals surface area contributed by atoms with Gasteiger partial charge >= 0.3 is 12.0 Å². The maximum Gasteiger partial charge on any atom is 0.326 e. The Kier molecular flexibility index (Phi) is 5.88. The van der Waals surface area contributed by atoms with E-state index in [2.05, 4.69) is 10.6 Å². The van der Waals surface area contributed by atoms with Crippen molar-refractivity contribution < 1.29 is 23.9 Å². The first-order valence-electron chi connectivity index (χ1n) is 9.10. The van der Waals surface area contributed by atoms with Gasteiger partial charge in [-0.25, -0.2) is 4.79 Å². The average Bonchev–Trinajstić information content (AvgIpc) is 3.48. The summed E-state index contributed by atoms with van der Waals surface area (Å²) in [4.78, 5) is 49.0. The topological polar surface area (TPSA) is 105 Å². The Bertz CT molecular complexity index is 793. The van der Waals surface area contributed by atoms with Crippen LogP contribution in [-0.2, 0) is 25.5 Å². The molecule has 1 heterocycles. The summed E-state index contributed by atoms with van der Waals surface area (Å²) in [6.07, 6.45) is 2.35. The smallest absolute Gasteiger partial charge is 0.326 e. The minimum absolute atomic E-state index is 0.108. The van der Waals surface area contributed by atoms with Gasteiger partial charge < -0.3 is 15.4 Å². The van der Waals surface area contributed by atoms with Crippen LogP contribution in [0.15, 0.2) is 24.3 Å². The van der Waals surface area contributed by atoms with Gasteiger partial charge in [0.15, 0.2) is 6.61 Å². The van der Waals surface area contributed by atoms with Gasteiger partial charge in [-0.15, -0.1) is 0 Å². The molecule has 4 amide bonds. The van der Waals surface area contributed by atoms with E-state index >= 15 is 0 Å². The van der Waals surface area contributed by atoms with Crippen LogP contribution in [0.4, 0.5) is 4.79 Å². The minimum atomic E-state index is -0.948. The molecule has 1 aromatic carbocycles. The Morgan fingerprint density at radius 3 is 2.61 bits per heavy atom. The first-order chi connectivity index (χ1) is 13.3. The van der Waals surface area contributed by atoms with Crippen molar-refractivity contribution in [2.45, 2.75) is 31.7 Å². The summed E-state index contributed by atoms with van der Waals surface area (Å²) >= 11 is 5.81. The highest BCUT2D eigenvalue weighted by atomic mass is 35.5. The van der Waals surface area contributed by atoms with Crippen molar-refractivity contribution in [3.8, 4) is 0 Å². The van der Waals surface area contributed by atoms with Gasteiger partial charge in [0.2, 0.25) is 0 Å². The number of esters is 1. The van der Waals surface area contributed by atoms with Crippen molar-refractivity contribution in [1.29, 1.82) is 0 Å². The summed E-state index contributed by atoms with van der Waals surface area (Å²) in [6, 6.07) is 6.66. The highest BCUT2D eigenvalue weighted by Crippen LogP contribution is 2.42. The Labute approximate surface area is 167 Å². The molecule has 0 unspecified atom stereocenters. The Morgan fingerprint density at radius 2 is 1.96 bits per heavy atom. The van der Waals surface area contributed by atoms with Crippen molar-refractivity contribution in [3.63, 3.8) is 0 Å². The molecule has 150 valence electrons. The number of nitrogens with one attached hydrogen (secondary N) is 2. The summed E-state index contributed by atoms with van der Waals surface area (Å²) in [6.45, 7) is 1.07. The molecular weight excluding hydrogens is 386 g/mol. The van der Waals surface area contributed by atoms with Crippen LogP contribution in [0.3, 0.4) is 0 Å². The van der Waals surface area contributed by atoms with Gasteiger partial charge in [-0.1, -0.05) is 23.7 Å². The summed E-state index contributed by atoms with van der Waals surface area (Å²) in [5.74, 6) is -1.58. The Balaban J connectivity index is 1.38. The largest absolute Gasteiger partial charge is 0.454 e. The number of rotatable bonds is 8. The first kappa shape index (κ1) is 20.1. The van der Waals surface area contributed by atoms with E-state index in [1.165, 1.54) is 0 Å². The van der Waals surface area contributed by atoms with E-state index in [1.807, 2.05) is 12.1 Å². The SMILES string of the molecule is C[C@@]1(C2CC2)NC(=O)N(CC(=O)OCC(=O)NCCc2ccc(Cl)cc2)C1=O. The van der Waals surface area contributed by atoms with Crippen molar-refractivity contribution in [1.82, 2.24) is 15.5 Å². The molecule has 0 aromatic heterocycles. The second kappa shape index (κ2) is 8.18. The number of benzene rings is 1. The zero-order valence-corrected chi connectivity index (χ0v) is 16.3. The van der Waals surface area contributed by atoms with Crippen molar-refractivity contribution >= 4 is 35.4 Å². The van der Waals surface area contributed by atoms with Crippen LogP contribution in [0.5, 0.6) is 0 Å². The lowest BCUT2D eigenvalue weighted by molar-refractivity contribution is -0.151. The zero-order chi connectivity index (χ0) is 20.3. The van der Waals surface area contributed by atoms with E-state index in [0.29, 0.717) is 18.0 Å². The quantitative estimate of drug-likeness (QED) is 0.498. The van der Waals surface area contributed by atoms with Gasteiger partial charge in [-0.2, -0.15) is 0 Å². The average molecular weight is 408 g/mol. The second-order valence-corrected chi connectivity index (χ2v) is 7.62. The molecule has 2 N–H and O–H groups in total. The third-order valence-corrected chi connectivity index (χ3v) is 5.25. The molecule has 2 aliphatic rings. The fourth-order valence-electron chi connectivity index (χ4n) is 3.17. The van der Waals surface area contributed by atoms with Crippen molar-refractivity contribution in [3.05, 3.63) is 34.9 Å². The van der Waals surface area contributed by atoms with Crippen LogP contribution in [0.25, 0.3) is 0 Å². The standard InChI is InChI=1S/C19H22ClN3O5/c1-19(13-4-5-13)17(26)23(18(27)22-19)10-16(25)28-11-15(24)21-9-8-12-2-6-14(20)7-3-12/h2-3,6-7,13H,4-5,8-11H2,1H3,(H,21,24)(H,22,27)/t19-/m0/s1. The molecule has 3 rings (SSSR count). The number of halogens is 1. The van der Waals surface area contributed by atoms with E-state index in [9.17, 15) is 19.2 Å². The third-order valence-electron chi connectivity index (χ3n) is 5.00. The minimum Gasteiger partial charge on any atom is -0.454 e. The van der Waals surface area contributed by atoms with Gasteiger partial charge in [0.05, 0.1) is 0 Å². The molecule has 28 heavy (non-hydrogen) atoms. The number of urea groups is 1. The maximum atomic E-state index is 12.4. The zero-order valence-electron chi connectivity index (χ0n) is 15.5. The van der Waals surface area contributed by atoms with Crippen molar-refractivity contribution in [2.24, 2.45) is 5.92 Å². The predicted octanol–water partition coefficient (Wildman–Crippen LogP) is 1.26. The monoisotopic (exact) mass is 407 g/mol. The number of carbonyl (C=O) groups is 4. The van der Waals surface area contributed by atoms with E-state index < -0.39 is 42.5 Å². The molecule has 1 aromatic rings. The van der Waals surface area contributed by atoms with E-state index in [-0.39, 0.29) is 5.92 Å². The summed E-state index contributed by atoms with van der Waals surface area (Å²) in [7, 11) is 0. The number of ether oxygens (including phenoxy) is 1. The molecule has 0 spiro atoms. The fourth-order valence-corrected chi connectivity index (χ4v) is 3.29. The Hall–Kier alpha value is -2.61. The van der Waals surface area contributed by atoms with E-state index in [4.69, 9.17) is 16.3 Å². The second-order valence-electron chi connectivity index (χ2n) is 7.19. The number of hydrogen-bond donors (Lipinski definition) is 2. The van der Waals surface area contributed by atoms with Crippen LogP contribution < -0.4 is 10.6 Å². The van der Waals surface area contributed by atoms with Gasteiger partial charge in [0, 0.05) is 11.6 Å². The normalized spacial score (nSPS) is 21.4. The van der Waals surface area contributed by atoms with Gasteiger partial charge in [-0.3, -0.25) is 19.3 Å². The molecule has 2 fully saturated rings. The van der Waals surface area contributed by atoms with Crippen molar-refractivity contribution in [2.75, 3.05) is 19.7 Å². The lowest BCUT2D eigenvalue weighted by Crippen LogP contribution is -2.46. The molecule has 8 nitrogen and oxygen atoms in total. The molecule has 1 aliphatic carbocycles. The predicted molar refractivity (Wildman–Crippen MR) is 100 cm³/mol. The molecule has 1 atom stereocenters. The first-order valence-corrected chi connectivity index (χ1v) is 9.48. The highest BCUT2D eigenvalue weighted by molar-refractivity contribution is 6.30. The van der Waals surface area contributed by atoms with Crippen LogP contribution in [0.2, 0.25) is 5.02 Å². The van der Waals surface area contributed by atoms with E-state index in [1.54, 1.807) is 19.1 Å². The number of imide groups is 1. The van der Waals surface area contributed by atoms with Gasteiger partial charge in [-0.05, 0) is 49.8 Å². The third kappa shape index (κ3) is 4.62. The fraction of sp³-hybridized carbons (Fsp3) is 0.474. The number of amides is 4. The van der Waals surface area contributed by atoms with Crippen LogP contribution in [-0.4, -0.2) is 54.0 Å². The van der Waals surface area contributed by atoms with Gasteiger partial charge in [0.1, 0.15) is 12.1 Å². The summed E-state index contributed by atoms with van der Waals surface area (Å²) in [5.41, 5.74) is 0.0649. The molecule has 0 radical (unpaired) electrons. The highest BCUT2D eigenvalue weighted by Gasteiger charge is 2.56. The molecule has 1 saturated heterocycles. The van der Waals surface area contributed by atoms with Crippen LogP contribution in [0.1, 0.15) is 25.3 Å². The van der Waals surface area contributed by atoms with Crippen LogP contribution >= 0.6 is 11.6 Å². The molecule has 9 heteroatoms. The van der Waals surface area contributed by atoms with E-state index in [0.717, 1.165) is 23.3 Å². The lowest BCUT2D eigenvalue weighted by Gasteiger charge is -2.20.